The number of hydrogen-bond donors (Lipinski definition) is 0. The molecule has 0 aliphatic rings. The minimum absolute atomic E-state index is 1.18. The van der Waals surface area contributed by atoms with Gasteiger partial charge in [0.15, 0.2) is 12.4 Å². The summed E-state index contributed by atoms with van der Waals surface area (Å²) in [5, 5.41) is 8.47. The van der Waals surface area contributed by atoms with Gasteiger partial charge in [0.1, 0.15) is 6.54 Å². The molecule has 1 heterocycles. The molecule has 178 valence electrons. The molecule has 0 aliphatic carbocycles. The highest BCUT2D eigenvalue weighted by atomic mass is 32.1. The average Bonchev–Trinajstić information content (AvgIpc) is 2.79. The molecular formula is C28H50N2S. The Morgan fingerprint density at radius 1 is 0.548 bits per heavy atom. The van der Waals surface area contributed by atoms with Crippen molar-refractivity contribution in [3.8, 4) is 0 Å². The molecule has 3 heteroatoms. The molecule has 0 saturated heterocycles. The SMILES string of the molecule is CCCCCCCCCCCCCCCCCCCCCC[n+]1ccccc1.[N-]=C=S. The molecular weight excluding hydrogens is 396 g/mol. The van der Waals surface area contributed by atoms with Crippen LogP contribution in [0, 0.1) is 0 Å². The normalized spacial score (nSPS) is 10.4. The number of unbranched alkanes of at least 4 members (excludes halogenated alkanes) is 19. The Morgan fingerprint density at radius 2 is 0.839 bits per heavy atom. The summed E-state index contributed by atoms with van der Waals surface area (Å²) in [5.74, 6) is 0. The van der Waals surface area contributed by atoms with Gasteiger partial charge >= 0.3 is 0 Å². The van der Waals surface area contributed by atoms with Crippen molar-refractivity contribution in [1.29, 1.82) is 0 Å². The van der Waals surface area contributed by atoms with E-state index in [2.05, 4.69) is 54.3 Å². The fraction of sp³-hybridized carbons (Fsp3) is 0.786. The summed E-state index contributed by atoms with van der Waals surface area (Å²) < 4.78 is 2.30. The van der Waals surface area contributed by atoms with E-state index in [0.717, 1.165) is 0 Å². The van der Waals surface area contributed by atoms with E-state index in [-0.39, 0.29) is 0 Å². The zero-order chi connectivity index (χ0) is 22.7. The van der Waals surface area contributed by atoms with Crippen LogP contribution >= 0.6 is 12.2 Å². The highest BCUT2D eigenvalue weighted by Gasteiger charge is 1.98. The monoisotopic (exact) mass is 446 g/mol. The van der Waals surface area contributed by atoms with E-state index < -0.39 is 0 Å². The van der Waals surface area contributed by atoms with Crippen LogP contribution in [0.5, 0.6) is 0 Å². The van der Waals surface area contributed by atoms with Crippen LogP contribution in [0.15, 0.2) is 30.6 Å². The van der Waals surface area contributed by atoms with Crippen LogP contribution in [-0.2, 0) is 6.54 Å². The average molecular weight is 447 g/mol. The number of aromatic nitrogens is 1. The molecule has 0 amide bonds. The third-order valence-corrected chi connectivity index (χ3v) is 6.05. The topological polar surface area (TPSA) is 26.2 Å². The maximum absolute atomic E-state index is 7.13. The highest BCUT2D eigenvalue weighted by molar-refractivity contribution is 7.78. The molecule has 0 atom stereocenters. The Balaban J connectivity index is 0.00000282. The molecule has 0 spiro atoms. The number of isothiocyanates is 1. The lowest BCUT2D eigenvalue weighted by atomic mass is 10.0. The van der Waals surface area contributed by atoms with Gasteiger partial charge in [-0.25, -0.2) is 4.57 Å². The van der Waals surface area contributed by atoms with Crippen molar-refractivity contribution in [2.75, 3.05) is 0 Å². The van der Waals surface area contributed by atoms with E-state index in [0.29, 0.717) is 0 Å². The molecule has 0 bridgehead atoms. The molecule has 0 fully saturated rings. The maximum atomic E-state index is 7.13. The van der Waals surface area contributed by atoms with Crippen molar-refractivity contribution in [2.24, 2.45) is 0 Å². The first-order chi connectivity index (χ1) is 15.3. The standard InChI is InChI=1S/C27H50N.CNS/c1-2-3-4-5-6-7-8-9-10-11-12-13-14-15-16-17-18-19-20-22-25-28-26-23-21-24-27-28;2-1-3/h21,23-24,26-27H,2-20,22,25H2,1H3;/q+1;-1. The van der Waals surface area contributed by atoms with Crippen molar-refractivity contribution in [1.82, 2.24) is 0 Å². The van der Waals surface area contributed by atoms with Crippen LogP contribution in [-0.4, -0.2) is 5.16 Å². The number of aryl methyl sites for hydroxylation is 1. The van der Waals surface area contributed by atoms with Crippen molar-refractivity contribution in [2.45, 2.75) is 142 Å². The van der Waals surface area contributed by atoms with Gasteiger partial charge in [-0.05, 0) is 6.42 Å². The van der Waals surface area contributed by atoms with Crippen LogP contribution in [0.2, 0.25) is 0 Å². The van der Waals surface area contributed by atoms with Gasteiger partial charge in [-0.1, -0.05) is 141 Å². The zero-order valence-electron chi connectivity index (χ0n) is 20.5. The van der Waals surface area contributed by atoms with Crippen molar-refractivity contribution < 1.29 is 4.57 Å². The fourth-order valence-electron chi connectivity index (χ4n) is 4.13. The van der Waals surface area contributed by atoms with Crippen LogP contribution in [0.3, 0.4) is 0 Å². The Morgan fingerprint density at radius 3 is 1.16 bits per heavy atom. The summed E-state index contributed by atoms with van der Waals surface area (Å²) in [4.78, 5) is 0. The summed E-state index contributed by atoms with van der Waals surface area (Å²) in [6, 6.07) is 6.33. The smallest absolute Gasteiger partial charge is 0.168 e. The van der Waals surface area contributed by atoms with Gasteiger partial charge in [0.2, 0.25) is 0 Å². The molecule has 2 nitrogen and oxygen atoms in total. The van der Waals surface area contributed by atoms with Gasteiger partial charge in [0, 0.05) is 18.6 Å². The molecule has 1 aromatic rings. The van der Waals surface area contributed by atoms with E-state index >= 15 is 0 Å². The molecule has 0 N–H and O–H groups in total. The third kappa shape index (κ3) is 25.1. The molecule has 0 unspecified atom stereocenters. The van der Waals surface area contributed by atoms with E-state index in [9.17, 15) is 0 Å². The first-order valence-electron chi connectivity index (χ1n) is 13.3. The van der Waals surface area contributed by atoms with Gasteiger partial charge < -0.3 is 5.41 Å². The molecule has 0 aliphatic heterocycles. The van der Waals surface area contributed by atoms with Gasteiger partial charge in [-0.3, -0.25) is 0 Å². The van der Waals surface area contributed by atoms with Gasteiger partial charge in [0.05, 0.1) is 0 Å². The Bertz CT molecular complexity index is 483. The van der Waals surface area contributed by atoms with E-state index in [4.69, 9.17) is 5.41 Å². The second-order valence-electron chi connectivity index (χ2n) is 8.92. The Kier molecular flexibility index (Phi) is 26.1. The van der Waals surface area contributed by atoms with Crippen LogP contribution in [0.4, 0.5) is 0 Å². The van der Waals surface area contributed by atoms with E-state index in [1.807, 2.05) is 0 Å². The lowest BCUT2D eigenvalue weighted by Crippen LogP contribution is -2.32. The molecule has 0 radical (unpaired) electrons. The van der Waals surface area contributed by atoms with Crippen molar-refractivity contribution in [3.05, 3.63) is 36.0 Å². The van der Waals surface area contributed by atoms with Gasteiger partial charge in [0.25, 0.3) is 0 Å². The lowest BCUT2D eigenvalue weighted by molar-refractivity contribution is -0.697. The minimum Gasteiger partial charge on any atom is -0.753 e. The van der Waals surface area contributed by atoms with E-state index in [1.54, 1.807) is 0 Å². The van der Waals surface area contributed by atoms with Crippen LogP contribution < -0.4 is 4.57 Å². The second kappa shape index (κ2) is 27.0. The first kappa shape index (κ1) is 29.9. The molecule has 31 heavy (non-hydrogen) atoms. The maximum Gasteiger partial charge on any atom is 0.168 e. The summed E-state index contributed by atoms with van der Waals surface area (Å²) in [6.07, 6.45) is 33.4. The Labute approximate surface area is 199 Å². The van der Waals surface area contributed by atoms with Crippen molar-refractivity contribution >= 4 is 17.4 Å². The largest absolute Gasteiger partial charge is 0.753 e. The lowest BCUT2D eigenvalue weighted by Gasteiger charge is -2.04. The third-order valence-electron chi connectivity index (χ3n) is 6.05. The summed E-state index contributed by atoms with van der Waals surface area (Å²) in [7, 11) is 0. The number of nitrogens with zero attached hydrogens (tertiary/aromatic N) is 2. The molecule has 0 aromatic carbocycles. The fourth-order valence-corrected chi connectivity index (χ4v) is 4.13. The second-order valence-corrected chi connectivity index (χ2v) is 9.10. The number of thiocarbonyl (C=S) groups is 1. The predicted octanol–water partition coefficient (Wildman–Crippen LogP) is 9.45. The predicted molar refractivity (Wildman–Crippen MR) is 141 cm³/mol. The molecule has 0 saturated carbocycles. The van der Waals surface area contributed by atoms with E-state index in [1.165, 1.54) is 140 Å². The highest BCUT2D eigenvalue weighted by Crippen LogP contribution is 2.14. The van der Waals surface area contributed by atoms with Crippen LogP contribution in [0.25, 0.3) is 5.41 Å². The van der Waals surface area contributed by atoms with Gasteiger partial charge in [-0.15, -0.1) is 0 Å². The summed E-state index contributed by atoms with van der Waals surface area (Å²) >= 11 is 3.70. The summed E-state index contributed by atoms with van der Waals surface area (Å²) in [5.41, 5.74) is 0. The summed E-state index contributed by atoms with van der Waals surface area (Å²) in [6.45, 7) is 3.48. The molecule has 1 aromatic heterocycles. The first-order valence-corrected chi connectivity index (χ1v) is 13.7. The number of hydrogen-bond acceptors (Lipinski definition) is 1. The Hall–Kier alpha value is -1.05. The van der Waals surface area contributed by atoms with Crippen molar-refractivity contribution in [3.63, 3.8) is 0 Å². The number of rotatable bonds is 21. The van der Waals surface area contributed by atoms with Crippen LogP contribution in [0.1, 0.15) is 135 Å². The number of pyridine rings is 1. The molecule has 1 rings (SSSR count). The quantitative estimate of drug-likeness (QED) is 0.0799. The zero-order valence-corrected chi connectivity index (χ0v) is 21.4. The minimum atomic E-state index is 1.18. The van der Waals surface area contributed by atoms with Gasteiger partial charge in [-0.2, -0.15) is 5.16 Å².